The zero-order valence-corrected chi connectivity index (χ0v) is 16.7. The molecule has 0 bridgehead atoms. The van der Waals surface area contributed by atoms with E-state index >= 15 is 0 Å². The number of unbranched alkanes of at least 4 members (excludes halogenated alkanes) is 3. The van der Waals surface area contributed by atoms with Crippen molar-refractivity contribution < 1.29 is 9.59 Å². The summed E-state index contributed by atoms with van der Waals surface area (Å²) in [6.07, 6.45) is 4.04. The molecule has 0 aromatic carbocycles. The minimum atomic E-state index is -0.00273. The monoisotopic (exact) mass is 344 g/mol. The van der Waals surface area contributed by atoms with E-state index in [1.54, 1.807) is 43.9 Å². The lowest BCUT2D eigenvalue weighted by molar-refractivity contribution is 0.0659. The molecular formula is C16H36N6O2. The summed E-state index contributed by atoms with van der Waals surface area (Å²) in [7, 11) is 14.5. The highest BCUT2D eigenvalue weighted by Crippen LogP contribution is 2.05. The van der Waals surface area contributed by atoms with Crippen molar-refractivity contribution in [3.8, 4) is 0 Å². The third-order valence-electron chi connectivity index (χ3n) is 4.14. The lowest BCUT2D eigenvalue weighted by Gasteiger charge is -2.29. The van der Waals surface area contributed by atoms with Crippen molar-refractivity contribution in [1.29, 1.82) is 0 Å². The van der Waals surface area contributed by atoms with Crippen LogP contribution in [-0.4, -0.2) is 111 Å². The van der Waals surface area contributed by atoms with E-state index in [1.807, 2.05) is 42.3 Å². The molecule has 4 amide bonds. The minimum Gasteiger partial charge on any atom is -0.327 e. The average Bonchev–Trinajstić information content (AvgIpc) is 2.54. The number of hydrogen-bond acceptors (Lipinski definition) is 4. The van der Waals surface area contributed by atoms with Gasteiger partial charge in [-0.3, -0.25) is 10.0 Å². The standard InChI is InChI=1S/C16H36N6O2/c1-17(2)21(7)15(23)19(5)13-11-9-10-12-14-20(6)16(24)22(8)18(3)4/h9-14H2,1-8H3. The Hall–Kier alpha value is -1.54. The summed E-state index contributed by atoms with van der Waals surface area (Å²) in [5, 5.41) is 6.69. The SMILES string of the molecule is CN(CCCCCCN(C)C(=O)N(C)N(C)C)C(=O)N(C)N(C)C. The lowest BCUT2D eigenvalue weighted by Crippen LogP contribution is -2.46. The fraction of sp³-hybridized carbons (Fsp3) is 0.875. The average molecular weight is 345 g/mol. The Morgan fingerprint density at radius 1 is 0.542 bits per heavy atom. The third kappa shape index (κ3) is 7.83. The molecule has 0 aliphatic heterocycles. The van der Waals surface area contributed by atoms with Crippen LogP contribution in [0.2, 0.25) is 0 Å². The molecule has 8 heteroatoms. The first-order valence-corrected chi connectivity index (χ1v) is 8.41. The topological polar surface area (TPSA) is 53.6 Å². The highest BCUT2D eigenvalue weighted by atomic mass is 16.2. The quantitative estimate of drug-likeness (QED) is 0.469. The number of carbonyl (C=O) groups is 2. The molecule has 0 saturated heterocycles. The molecule has 0 aromatic rings. The van der Waals surface area contributed by atoms with Gasteiger partial charge in [-0.05, 0) is 12.8 Å². The number of hydrogen-bond donors (Lipinski definition) is 0. The van der Waals surface area contributed by atoms with E-state index in [0.717, 1.165) is 38.8 Å². The minimum absolute atomic E-state index is 0.00273. The largest absolute Gasteiger partial charge is 0.333 e. The van der Waals surface area contributed by atoms with Crippen LogP contribution in [0, 0.1) is 0 Å². The zero-order valence-electron chi connectivity index (χ0n) is 16.7. The van der Waals surface area contributed by atoms with E-state index in [1.165, 1.54) is 0 Å². The molecule has 0 heterocycles. The summed E-state index contributed by atoms with van der Waals surface area (Å²) in [4.78, 5) is 27.6. The molecule has 0 atom stereocenters. The van der Waals surface area contributed by atoms with Crippen LogP contribution in [0.25, 0.3) is 0 Å². The maximum Gasteiger partial charge on any atom is 0.333 e. The van der Waals surface area contributed by atoms with Crippen LogP contribution in [0.15, 0.2) is 0 Å². The lowest BCUT2D eigenvalue weighted by atomic mass is 10.2. The Morgan fingerprint density at radius 3 is 1.08 bits per heavy atom. The molecule has 24 heavy (non-hydrogen) atoms. The number of nitrogens with zero attached hydrogens (tertiary/aromatic N) is 6. The fourth-order valence-electron chi connectivity index (χ4n) is 2.08. The number of urea groups is 2. The van der Waals surface area contributed by atoms with Crippen molar-refractivity contribution in [2.24, 2.45) is 0 Å². The van der Waals surface area contributed by atoms with Crippen LogP contribution >= 0.6 is 0 Å². The molecule has 0 rings (SSSR count). The number of hydrazine groups is 2. The van der Waals surface area contributed by atoms with Crippen molar-refractivity contribution in [1.82, 2.24) is 29.8 Å². The van der Waals surface area contributed by atoms with Gasteiger partial charge in [-0.2, -0.15) is 0 Å². The first kappa shape index (κ1) is 22.5. The zero-order chi connectivity index (χ0) is 18.9. The van der Waals surface area contributed by atoms with Crippen molar-refractivity contribution in [2.75, 3.05) is 69.5 Å². The summed E-state index contributed by atoms with van der Waals surface area (Å²) in [5.74, 6) is 0. The van der Waals surface area contributed by atoms with Gasteiger partial charge in [0.2, 0.25) is 0 Å². The molecule has 0 spiro atoms. The molecule has 8 nitrogen and oxygen atoms in total. The van der Waals surface area contributed by atoms with E-state index in [9.17, 15) is 9.59 Å². The third-order valence-corrected chi connectivity index (χ3v) is 4.14. The number of rotatable bonds is 9. The highest BCUT2D eigenvalue weighted by molar-refractivity contribution is 5.73. The Balaban J connectivity index is 3.88. The van der Waals surface area contributed by atoms with Gasteiger partial charge >= 0.3 is 12.1 Å². The van der Waals surface area contributed by atoms with Crippen molar-refractivity contribution >= 4 is 12.1 Å². The summed E-state index contributed by atoms with van der Waals surface area (Å²) < 4.78 is 0. The highest BCUT2D eigenvalue weighted by Gasteiger charge is 2.16. The van der Waals surface area contributed by atoms with Crippen LogP contribution in [0.1, 0.15) is 25.7 Å². The molecule has 0 aliphatic rings. The van der Waals surface area contributed by atoms with Gasteiger partial charge in [0.1, 0.15) is 0 Å². The van der Waals surface area contributed by atoms with E-state index < -0.39 is 0 Å². The fourth-order valence-corrected chi connectivity index (χ4v) is 2.08. The van der Waals surface area contributed by atoms with Crippen molar-refractivity contribution in [3.63, 3.8) is 0 Å². The number of carbonyl (C=O) groups excluding carboxylic acids is 2. The number of amides is 4. The molecule has 0 unspecified atom stereocenters. The van der Waals surface area contributed by atoms with Gasteiger partial charge in [0.25, 0.3) is 0 Å². The molecule has 0 fully saturated rings. The molecule has 0 aliphatic carbocycles. The molecule has 0 saturated carbocycles. The van der Waals surface area contributed by atoms with Crippen LogP contribution in [-0.2, 0) is 0 Å². The van der Waals surface area contributed by atoms with Gasteiger partial charge in [-0.1, -0.05) is 12.8 Å². The Labute approximate surface area is 147 Å². The molecule has 0 N–H and O–H groups in total. The van der Waals surface area contributed by atoms with E-state index in [2.05, 4.69) is 0 Å². The second-order valence-electron chi connectivity index (χ2n) is 6.56. The maximum absolute atomic E-state index is 12.0. The van der Waals surface area contributed by atoms with Gasteiger partial charge in [0, 0.05) is 69.5 Å². The predicted octanol–water partition coefficient (Wildman–Crippen LogP) is 1.47. The Bertz CT molecular complexity index is 353. The van der Waals surface area contributed by atoms with Gasteiger partial charge in [0.05, 0.1) is 0 Å². The van der Waals surface area contributed by atoms with Crippen LogP contribution < -0.4 is 0 Å². The normalized spacial score (nSPS) is 10.9. The second-order valence-corrected chi connectivity index (χ2v) is 6.56. The van der Waals surface area contributed by atoms with Crippen LogP contribution in [0.3, 0.4) is 0 Å². The summed E-state index contributed by atoms with van der Waals surface area (Å²) in [5.41, 5.74) is 0. The van der Waals surface area contributed by atoms with Gasteiger partial charge < -0.3 is 9.80 Å². The van der Waals surface area contributed by atoms with Gasteiger partial charge in [-0.25, -0.2) is 19.6 Å². The van der Waals surface area contributed by atoms with Gasteiger partial charge in [0.15, 0.2) is 0 Å². The van der Waals surface area contributed by atoms with E-state index in [4.69, 9.17) is 0 Å². The first-order valence-electron chi connectivity index (χ1n) is 8.41. The molecule has 0 aromatic heterocycles. The molecule has 0 radical (unpaired) electrons. The second kappa shape index (κ2) is 11.1. The Kier molecular flexibility index (Phi) is 10.4. The summed E-state index contributed by atoms with van der Waals surface area (Å²) >= 11 is 0. The predicted molar refractivity (Wildman–Crippen MR) is 97.4 cm³/mol. The van der Waals surface area contributed by atoms with Crippen molar-refractivity contribution in [3.05, 3.63) is 0 Å². The van der Waals surface area contributed by atoms with E-state index in [-0.39, 0.29) is 12.1 Å². The van der Waals surface area contributed by atoms with Crippen molar-refractivity contribution in [2.45, 2.75) is 25.7 Å². The van der Waals surface area contributed by atoms with E-state index in [0.29, 0.717) is 0 Å². The molecule has 142 valence electrons. The smallest absolute Gasteiger partial charge is 0.327 e. The molecular weight excluding hydrogens is 308 g/mol. The first-order chi connectivity index (χ1) is 11.1. The van der Waals surface area contributed by atoms with Gasteiger partial charge in [-0.15, -0.1) is 0 Å². The van der Waals surface area contributed by atoms with Crippen LogP contribution in [0.5, 0.6) is 0 Å². The maximum atomic E-state index is 12.0. The Morgan fingerprint density at radius 2 is 0.833 bits per heavy atom. The summed E-state index contributed by atoms with van der Waals surface area (Å²) in [6, 6.07) is -0.00546. The van der Waals surface area contributed by atoms with Crippen LogP contribution in [0.4, 0.5) is 9.59 Å². The summed E-state index contributed by atoms with van der Waals surface area (Å²) in [6.45, 7) is 1.49.